The zero-order valence-corrected chi connectivity index (χ0v) is 10.1. The number of furan rings is 1. The van der Waals surface area contributed by atoms with Gasteiger partial charge in [-0.1, -0.05) is 0 Å². The van der Waals surface area contributed by atoms with Crippen LogP contribution in [-0.4, -0.2) is 13.4 Å². The van der Waals surface area contributed by atoms with E-state index in [2.05, 4.69) is 6.07 Å². The molecule has 0 saturated carbocycles. The van der Waals surface area contributed by atoms with E-state index in [9.17, 15) is 4.79 Å². The van der Waals surface area contributed by atoms with Crippen molar-refractivity contribution in [2.45, 2.75) is 6.92 Å². The molecule has 0 aliphatic rings. The molecule has 0 unspecified atom stereocenters. The van der Waals surface area contributed by atoms with E-state index in [1.807, 2.05) is 6.92 Å². The van der Waals surface area contributed by atoms with Crippen LogP contribution in [0.1, 0.15) is 21.7 Å². The summed E-state index contributed by atoms with van der Waals surface area (Å²) in [5.74, 6) is 1.40. The van der Waals surface area contributed by atoms with Crippen LogP contribution in [0.2, 0.25) is 0 Å². The average molecular weight is 241 g/mol. The second kappa shape index (κ2) is 4.76. The van der Waals surface area contributed by atoms with Gasteiger partial charge in [-0.25, -0.2) is 0 Å². The van der Waals surface area contributed by atoms with Crippen LogP contribution >= 0.6 is 0 Å². The third kappa shape index (κ3) is 1.87. The van der Waals surface area contributed by atoms with Gasteiger partial charge >= 0.3 is 0 Å². The van der Waals surface area contributed by atoms with Crippen LogP contribution in [-0.2, 0) is 0 Å². The molecular weight excluding hydrogens is 230 g/mol. The number of carbonyl (C=O) groups excluding carboxylic acids is 1. The Labute approximate surface area is 104 Å². The van der Waals surface area contributed by atoms with Gasteiger partial charge in [0.05, 0.1) is 18.7 Å². The van der Waals surface area contributed by atoms with Gasteiger partial charge in [-0.05, 0) is 31.2 Å². The van der Waals surface area contributed by atoms with E-state index in [-0.39, 0.29) is 5.76 Å². The molecule has 0 saturated heterocycles. The molecule has 0 amide bonds. The quantitative estimate of drug-likeness (QED) is 0.775. The molecule has 4 nitrogen and oxygen atoms in total. The van der Waals surface area contributed by atoms with Gasteiger partial charge in [0.25, 0.3) is 0 Å². The van der Waals surface area contributed by atoms with Crippen molar-refractivity contribution in [3.63, 3.8) is 0 Å². The summed E-state index contributed by atoms with van der Waals surface area (Å²) in [7, 11) is 1.57. The van der Waals surface area contributed by atoms with E-state index in [1.54, 1.807) is 31.4 Å². The van der Waals surface area contributed by atoms with Gasteiger partial charge in [-0.2, -0.15) is 5.26 Å². The zero-order chi connectivity index (χ0) is 13.1. The van der Waals surface area contributed by atoms with Crippen LogP contribution in [0.25, 0.3) is 11.3 Å². The molecule has 0 spiro atoms. The second-order valence-electron chi connectivity index (χ2n) is 3.75. The molecule has 0 atom stereocenters. The van der Waals surface area contributed by atoms with Crippen LogP contribution in [0.15, 0.2) is 28.7 Å². The highest BCUT2D eigenvalue weighted by molar-refractivity contribution is 5.76. The highest BCUT2D eigenvalue weighted by atomic mass is 16.5. The summed E-state index contributed by atoms with van der Waals surface area (Å²) >= 11 is 0. The summed E-state index contributed by atoms with van der Waals surface area (Å²) in [5, 5.41) is 9.13. The monoisotopic (exact) mass is 241 g/mol. The maximum Gasteiger partial charge on any atom is 0.185 e. The Morgan fingerprint density at radius 1 is 1.33 bits per heavy atom. The third-order valence-electron chi connectivity index (χ3n) is 2.75. The maximum absolute atomic E-state index is 10.6. The maximum atomic E-state index is 10.6. The van der Waals surface area contributed by atoms with Crippen molar-refractivity contribution in [1.29, 1.82) is 5.26 Å². The fourth-order valence-corrected chi connectivity index (χ4v) is 1.87. The van der Waals surface area contributed by atoms with E-state index in [0.717, 1.165) is 5.56 Å². The molecule has 0 N–H and O–H groups in total. The first-order valence-electron chi connectivity index (χ1n) is 5.34. The number of aldehydes is 1. The minimum Gasteiger partial charge on any atom is -0.496 e. The molecule has 1 heterocycles. The number of carbonyl (C=O) groups is 1. The van der Waals surface area contributed by atoms with Crippen LogP contribution < -0.4 is 4.74 Å². The summed E-state index contributed by atoms with van der Waals surface area (Å²) in [6, 6.07) is 8.76. The van der Waals surface area contributed by atoms with E-state index < -0.39 is 0 Å². The number of nitriles is 1. The van der Waals surface area contributed by atoms with E-state index >= 15 is 0 Å². The van der Waals surface area contributed by atoms with E-state index in [0.29, 0.717) is 28.9 Å². The predicted octanol–water partition coefficient (Wildman–Crippen LogP) is 2.95. The van der Waals surface area contributed by atoms with Crippen molar-refractivity contribution in [3.05, 3.63) is 41.2 Å². The SMILES string of the molecule is COc1ccc(C#N)c(-c2ccc(C=O)o2)c1C. The van der Waals surface area contributed by atoms with Crippen LogP contribution in [0.5, 0.6) is 5.75 Å². The molecule has 1 aromatic heterocycles. The summed E-state index contributed by atoms with van der Waals surface area (Å²) < 4.78 is 10.6. The largest absolute Gasteiger partial charge is 0.496 e. The summed E-state index contributed by atoms with van der Waals surface area (Å²) in [5.41, 5.74) is 1.95. The van der Waals surface area contributed by atoms with Crippen molar-refractivity contribution < 1.29 is 13.9 Å². The summed E-state index contributed by atoms with van der Waals surface area (Å²) in [6.45, 7) is 1.85. The first-order valence-corrected chi connectivity index (χ1v) is 5.34. The lowest BCUT2D eigenvalue weighted by Crippen LogP contribution is -1.93. The van der Waals surface area contributed by atoms with Crippen molar-refractivity contribution in [2.24, 2.45) is 0 Å². The van der Waals surface area contributed by atoms with Crippen molar-refractivity contribution in [3.8, 4) is 23.1 Å². The Kier molecular flexibility index (Phi) is 3.16. The van der Waals surface area contributed by atoms with E-state index in [4.69, 9.17) is 14.4 Å². The number of benzene rings is 1. The minimum atomic E-state index is 0.233. The number of methoxy groups -OCH3 is 1. The lowest BCUT2D eigenvalue weighted by Gasteiger charge is -2.10. The molecule has 4 heteroatoms. The Morgan fingerprint density at radius 2 is 2.11 bits per heavy atom. The van der Waals surface area contributed by atoms with Gasteiger partial charge in [0.15, 0.2) is 12.0 Å². The molecular formula is C14H11NO3. The smallest absolute Gasteiger partial charge is 0.185 e. The van der Waals surface area contributed by atoms with Crippen LogP contribution in [0.4, 0.5) is 0 Å². The molecule has 2 rings (SSSR count). The fraction of sp³-hybridized carbons (Fsp3) is 0.143. The van der Waals surface area contributed by atoms with Crippen LogP contribution in [0.3, 0.4) is 0 Å². The van der Waals surface area contributed by atoms with Crippen molar-refractivity contribution >= 4 is 6.29 Å². The van der Waals surface area contributed by atoms with Gasteiger partial charge in [0.1, 0.15) is 11.5 Å². The number of nitrogens with zero attached hydrogens (tertiary/aromatic N) is 1. The average Bonchev–Trinajstić information content (AvgIpc) is 2.86. The summed E-state index contributed by atoms with van der Waals surface area (Å²) in [4.78, 5) is 10.6. The van der Waals surface area contributed by atoms with Gasteiger partial charge in [0.2, 0.25) is 0 Å². The predicted molar refractivity (Wildman–Crippen MR) is 65.5 cm³/mol. The molecule has 2 aromatic rings. The molecule has 18 heavy (non-hydrogen) atoms. The third-order valence-corrected chi connectivity index (χ3v) is 2.75. The molecule has 0 aliphatic carbocycles. The molecule has 0 bridgehead atoms. The number of hydrogen-bond acceptors (Lipinski definition) is 4. The molecule has 0 radical (unpaired) electrons. The topological polar surface area (TPSA) is 63.2 Å². The van der Waals surface area contributed by atoms with Crippen LogP contribution in [0, 0.1) is 18.3 Å². The van der Waals surface area contributed by atoms with Gasteiger partial charge < -0.3 is 9.15 Å². The van der Waals surface area contributed by atoms with Gasteiger partial charge in [-0.3, -0.25) is 4.79 Å². The van der Waals surface area contributed by atoms with Crippen molar-refractivity contribution in [2.75, 3.05) is 7.11 Å². The van der Waals surface area contributed by atoms with Gasteiger partial charge in [0, 0.05) is 11.1 Å². The second-order valence-corrected chi connectivity index (χ2v) is 3.75. The number of ether oxygens (including phenoxy) is 1. The zero-order valence-electron chi connectivity index (χ0n) is 10.1. The Balaban J connectivity index is 2.68. The fourth-order valence-electron chi connectivity index (χ4n) is 1.87. The first-order chi connectivity index (χ1) is 8.71. The highest BCUT2D eigenvalue weighted by Crippen LogP contribution is 2.33. The number of rotatable bonds is 3. The normalized spacial score (nSPS) is 9.83. The standard InChI is InChI=1S/C14H11NO3/c1-9-12(17-2)5-3-10(7-15)14(9)13-6-4-11(8-16)18-13/h3-6,8H,1-2H3. The van der Waals surface area contributed by atoms with Gasteiger partial charge in [-0.15, -0.1) is 0 Å². The molecule has 0 fully saturated rings. The molecule has 1 aromatic carbocycles. The highest BCUT2D eigenvalue weighted by Gasteiger charge is 2.15. The molecule has 0 aliphatic heterocycles. The van der Waals surface area contributed by atoms with Crippen molar-refractivity contribution in [1.82, 2.24) is 0 Å². The lowest BCUT2D eigenvalue weighted by atomic mass is 9.99. The molecule has 90 valence electrons. The number of hydrogen-bond donors (Lipinski definition) is 0. The lowest BCUT2D eigenvalue weighted by molar-refractivity contribution is 0.110. The Bertz CT molecular complexity index is 635. The van der Waals surface area contributed by atoms with E-state index in [1.165, 1.54) is 0 Å². The summed E-state index contributed by atoms with van der Waals surface area (Å²) in [6.07, 6.45) is 0.630. The Morgan fingerprint density at radius 3 is 2.67 bits per heavy atom. The minimum absolute atomic E-state index is 0.233. The first kappa shape index (κ1) is 11.9. The Hall–Kier alpha value is -2.54.